The molecular weight excluding hydrogens is 817 g/mol. The number of hydrogen-bond acceptors (Lipinski definition) is 2. The number of imidazole rings is 1. The SMILES string of the molecule is CC(C)(C)c1ccnc(-n2c3ccc(C(C)(C)C)cc3c3ccc(Oc4cc(-n5[c-][n+](-c6cccc(C(C)(C)c7ccccc7)c6)c(C(C)(C)C)c5)cc(C(C)(C)c5ccccc5)c4)cc32)c1. The second-order valence-electron chi connectivity index (χ2n) is 22.6. The van der Waals surface area contributed by atoms with Crippen LogP contribution in [0.15, 0.2) is 164 Å². The third-order valence-corrected chi connectivity index (χ3v) is 13.9. The third-order valence-electron chi connectivity index (χ3n) is 13.9. The molecule has 0 fully saturated rings. The molecule has 6 aromatic carbocycles. The predicted octanol–water partition coefficient (Wildman–Crippen LogP) is 15.4. The van der Waals surface area contributed by atoms with Crippen LogP contribution in [0.4, 0.5) is 0 Å². The molecule has 3 heterocycles. The van der Waals surface area contributed by atoms with Crippen LogP contribution in [0.2, 0.25) is 0 Å². The minimum atomic E-state index is -0.340. The van der Waals surface area contributed by atoms with E-state index in [1.165, 1.54) is 33.2 Å². The Labute approximate surface area is 398 Å². The maximum Gasteiger partial charge on any atom is 0.269 e. The van der Waals surface area contributed by atoms with E-state index in [9.17, 15) is 0 Å². The molecule has 0 saturated carbocycles. The van der Waals surface area contributed by atoms with E-state index in [0.717, 1.165) is 56.4 Å². The lowest BCUT2D eigenvalue weighted by Crippen LogP contribution is -2.39. The van der Waals surface area contributed by atoms with Gasteiger partial charge in [0.1, 0.15) is 17.3 Å². The second-order valence-corrected chi connectivity index (χ2v) is 22.6. The molecule has 0 saturated heterocycles. The molecule has 0 amide bonds. The number of pyridine rings is 1. The number of nitrogens with zero attached hydrogens (tertiary/aromatic N) is 4. The second kappa shape index (κ2) is 16.6. The number of ether oxygens (including phenoxy) is 1. The molecule has 0 atom stereocenters. The highest BCUT2D eigenvalue weighted by atomic mass is 16.5. The van der Waals surface area contributed by atoms with Gasteiger partial charge in [0.15, 0.2) is 0 Å². The highest BCUT2D eigenvalue weighted by Crippen LogP contribution is 2.41. The van der Waals surface area contributed by atoms with Crippen LogP contribution >= 0.6 is 0 Å². The summed E-state index contributed by atoms with van der Waals surface area (Å²) in [4.78, 5) is 4.99. The summed E-state index contributed by atoms with van der Waals surface area (Å²) in [5.74, 6) is 2.39. The van der Waals surface area contributed by atoms with E-state index in [2.05, 4.69) is 268 Å². The van der Waals surface area contributed by atoms with E-state index in [-0.39, 0.29) is 27.1 Å². The topological polar surface area (TPSA) is 35.9 Å². The number of hydrogen-bond donors (Lipinski definition) is 0. The Morgan fingerprint density at radius 2 is 1.09 bits per heavy atom. The van der Waals surface area contributed by atoms with Crippen molar-refractivity contribution in [3.05, 3.63) is 209 Å². The normalized spacial score (nSPS) is 12.9. The van der Waals surface area contributed by atoms with Crippen LogP contribution in [0.5, 0.6) is 11.5 Å². The van der Waals surface area contributed by atoms with Crippen molar-refractivity contribution in [1.29, 1.82) is 0 Å². The summed E-state index contributed by atoms with van der Waals surface area (Å²) in [7, 11) is 0. The van der Waals surface area contributed by atoms with E-state index < -0.39 is 0 Å². The van der Waals surface area contributed by atoms with Gasteiger partial charge in [0.25, 0.3) is 6.33 Å². The van der Waals surface area contributed by atoms with Gasteiger partial charge in [-0.1, -0.05) is 169 Å². The van der Waals surface area contributed by atoms with Crippen molar-refractivity contribution in [2.75, 3.05) is 0 Å². The molecule has 0 aliphatic heterocycles. The fraction of sp³-hybridized carbons (Fsp3) is 0.290. The fourth-order valence-corrected chi connectivity index (χ4v) is 9.37. The van der Waals surface area contributed by atoms with E-state index in [4.69, 9.17) is 9.72 Å². The van der Waals surface area contributed by atoms with Crippen molar-refractivity contribution in [3.63, 3.8) is 0 Å². The largest absolute Gasteiger partial charge is 0.458 e. The van der Waals surface area contributed by atoms with Gasteiger partial charge in [-0.3, -0.25) is 13.7 Å². The van der Waals surface area contributed by atoms with Crippen LogP contribution in [0.3, 0.4) is 0 Å². The van der Waals surface area contributed by atoms with Gasteiger partial charge in [-0.15, -0.1) is 0 Å². The van der Waals surface area contributed by atoms with Crippen molar-refractivity contribution in [2.45, 2.75) is 117 Å². The molecule has 0 radical (unpaired) electrons. The van der Waals surface area contributed by atoms with Gasteiger partial charge in [0, 0.05) is 40.1 Å². The Kier molecular flexibility index (Phi) is 11.2. The lowest BCUT2D eigenvalue weighted by Gasteiger charge is -2.27. The summed E-state index contributed by atoms with van der Waals surface area (Å²) < 4.78 is 13.8. The van der Waals surface area contributed by atoms with E-state index >= 15 is 0 Å². The number of benzene rings is 6. The third kappa shape index (κ3) is 8.73. The Hall–Kier alpha value is -6.72. The van der Waals surface area contributed by atoms with Crippen LogP contribution < -0.4 is 9.30 Å². The minimum absolute atomic E-state index is 0.000296. The smallest absolute Gasteiger partial charge is 0.269 e. The summed E-state index contributed by atoms with van der Waals surface area (Å²) in [6, 6.07) is 54.8. The van der Waals surface area contributed by atoms with E-state index in [1.54, 1.807) is 0 Å². The average Bonchev–Trinajstić information content (AvgIpc) is 3.90. The molecule has 0 spiro atoms. The van der Waals surface area contributed by atoms with Crippen molar-refractivity contribution in [2.24, 2.45) is 0 Å². The summed E-state index contributed by atoms with van der Waals surface area (Å²) in [6.07, 6.45) is 7.99. The molecule has 5 nitrogen and oxygen atoms in total. The number of rotatable bonds is 9. The lowest BCUT2D eigenvalue weighted by molar-refractivity contribution is -0.611. The Balaban J connectivity index is 1.20. The van der Waals surface area contributed by atoms with Gasteiger partial charge < -0.3 is 4.74 Å². The molecule has 0 N–H and O–H groups in total. The highest BCUT2D eigenvalue weighted by Gasteiger charge is 2.29. The molecule has 0 unspecified atom stereocenters. The Bertz CT molecular complexity index is 3250. The summed E-state index contributed by atoms with van der Waals surface area (Å²) in [6.45, 7) is 29.6. The van der Waals surface area contributed by atoms with Gasteiger partial charge in [-0.25, -0.2) is 4.98 Å². The zero-order valence-electron chi connectivity index (χ0n) is 41.8. The minimum Gasteiger partial charge on any atom is -0.458 e. The molecule has 0 aliphatic rings. The van der Waals surface area contributed by atoms with Crippen LogP contribution in [0.25, 0.3) is 39.0 Å². The van der Waals surface area contributed by atoms with Crippen LogP contribution in [0, 0.1) is 6.33 Å². The van der Waals surface area contributed by atoms with Gasteiger partial charge in [0.2, 0.25) is 0 Å². The first-order valence-corrected chi connectivity index (χ1v) is 23.8. The summed E-state index contributed by atoms with van der Waals surface area (Å²) in [5, 5.41) is 2.36. The van der Waals surface area contributed by atoms with Gasteiger partial charge >= 0.3 is 0 Å². The van der Waals surface area contributed by atoms with Crippen molar-refractivity contribution in [1.82, 2.24) is 14.1 Å². The molecule has 0 aliphatic carbocycles. The average molecular weight is 883 g/mol. The number of aromatic nitrogens is 4. The zero-order valence-corrected chi connectivity index (χ0v) is 41.8. The summed E-state index contributed by atoms with van der Waals surface area (Å²) >= 11 is 0. The van der Waals surface area contributed by atoms with Crippen LogP contribution in [-0.2, 0) is 27.1 Å². The number of fused-ring (bicyclic) bond motifs is 3. The predicted molar refractivity (Wildman–Crippen MR) is 278 cm³/mol. The first kappa shape index (κ1) is 45.4. The zero-order chi connectivity index (χ0) is 47.7. The molecule has 5 heteroatoms. The molecule has 9 aromatic rings. The highest BCUT2D eigenvalue weighted by molar-refractivity contribution is 6.09. The van der Waals surface area contributed by atoms with Crippen LogP contribution in [-0.4, -0.2) is 14.1 Å². The molecule has 340 valence electrons. The van der Waals surface area contributed by atoms with Gasteiger partial charge in [0.05, 0.1) is 28.1 Å². The van der Waals surface area contributed by atoms with Crippen LogP contribution in [0.1, 0.15) is 129 Å². The molecular formula is C62H66N4O. The molecule has 67 heavy (non-hydrogen) atoms. The monoisotopic (exact) mass is 883 g/mol. The maximum atomic E-state index is 7.08. The first-order chi connectivity index (χ1) is 31.6. The van der Waals surface area contributed by atoms with Gasteiger partial charge in [-0.2, -0.15) is 0 Å². The quantitative estimate of drug-likeness (QED) is 0.107. The maximum absolute atomic E-state index is 7.08. The molecule has 0 bridgehead atoms. The Morgan fingerprint density at radius 3 is 1.73 bits per heavy atom. The lowest BCUT2D eigenvalue weighted by atomic mass is 9.78. The first-order valence-electron chi connectivity index (χ1n) is 23.8. The summed E-state index contributed by atoms with van der Waals surface area (Å²) in [5.41, 5.74) is 12.0. The van der Waals surface area contributed by atoms with Crippen molar-refractivity contribution >= 4 is 21.8 Å². The van der Waals surface area contributed by atoms with E-state index in [1.807, 2.05) is 6.20 Å². The van der Waals surface area contributed by atoms with Crippen molar-refractivity contribution in [3.8, 4) is 28.7 Å². The van der Waals surface area contributed by atoms with Crippen molar-refractivity contribution < 1.29 is 9.30 Å². The molecule has 3 aromatic heterocycles. The molecule has 9 rings (SSSR count). The standard InChI is InChI=1S/C62H66N4O/c1-58(2,3)44-27-30-54-53(36-44)52-29-28-50(39-55(52)66(54)57-37-45(31-32-63-57)59(4,5)6)67-51-35-47(62(12,13)43-23-18-15-19-24-43)34-49(38-51)64-40-56(60(7,8)9)65(41-64)48-26-20-25-46(33-48)61(10,11)42-21-16-14-17-22-42/h14-40H,1-13H3. The fourth-order valence-electron chi connectivity index (χ4n) is 9.37. The van der Waals surface area contributed by atoms with E-state index in [0.29, 0.717) is 0 Å². The Morgan fingerprint density at radius 1 is 0.463 bits per heavy atom. The van der Waals surface area contributed by atoms with Gasteiger partial charge in [-0.05, 0) is 116 Å².